The number of carbonyl (C=O) groups is 2. The molecule has 1 N–H and O–H groups in total. The van der Waals surface area contributed by atoms with E-state index in [0.29, 0.717) is 35.7 Å². The number of likely N-dealkylation sites (tertiary alicyclic amines) is 1. The molecule has 0 saturated carbocycles. The Labute approximate surface area is 227 Å². The van der Waals surface area contributed by atoms with E-state index >= 15 is 0 Å². The number of rotatable bonds is 9. The number of ketones is 1. The Bertz CT molecular complexity index is 1450. The van der Waals surface area contributed by atoms with Gasteiger partial charge in [-0.3, -0.25) is 9.59 Å². The van der Waals surface area contributed by atoms with Crippen LogP contribution in [0, 0.1) is 0 Å². The van der Waals surface area contributed by atoms with Crippen LogP contribution in [0.15, 0.2) is 79.2 Å². The highest BCUT2D eigenvalue weighted by atomic mass is 16.5. The number of benzene rings is 2. The number of nitrogens with zero attached hydrogens (tertiary/aromatic N) is 1. The molecule has 1 fully saturated rings. The third kappa shape index (κ3) is 5.10. The van der Waals surface area contributed by atoms with Crippen LogP contribution < -0.4 is 24.3 Å². The van der Waals surface area contributed by atoms with E-state index in [2.05, 4.69) is 11.6 Å². The van der Waals surface area contributed by atoms with Crippen LogP contribution in [0.2, 0.25) is 0 Å². The third-order valence-electron chi connectivity index (χ3n) is 6.77. The second kappa shape index (κ2) is 11.0. The standard InChI is InChI=1S/C31H30N2O6/c1-4-14-38-25-9-6-21(17-26(25)37-5-2)28-27(29(34)22-7-8-24-23(16-22)15-19(3)39-24)30(35)31(36)33(28)18-20-10-12-32-13-11-20/h4,6-13,16-17,19,28,34H,1,5,14-15,18H2,2-3H3. The van der Waals surface area contributed by atoms with Crippen LogP contribution in [0.5, 0.6) is 17.2 Å². The first kappa shape index (κ1) is 26.0. The van der Waals surface area contributed by atoms with E-state index in [1.54, 1.807) is 54.9 Å². The van der Waals surface area contributed by atoms with Crippen LogP contribution in [0.4, 0.5) is 0 Å². The molecule has 2 unspecified atom stereocenters. The van der Waals surface area contributed by atoms with Crippen molar-refractivity contribution in [1.29, 1.82) is 0 Å². The zero-order chi connectivity index (χ0) is 27.5. The maximum Gasteiger partial charge on any atom is 0.295 e. The summed E-state index contributed by atoms with van der Waals surface area (Å²) in [5, 5.41) is 13.9. The minimum absolute atomic E-state index is 0.0119. The molecular weight excluding hydrogens is 496 g/mol. The van der Waals surface area contributed by atoms with E-state index < -0.39 is 23.5 Å². The number of carbonyl (C=O) groups excluding carboxylic acids is 2. The Morgan fingerprint density at radius 2 is 1.92 bits per heavy atom. The first-order valence-corrected chi connectivity index (χ1v) is 12.9. The molecule has 2 aliphatic heterocycles. The molecular formula is C31H30N2O6. The number of pyridine rings is 1. The lowest BCUT2D eigenvalue weighted by Gasteiger charge is -2.28. The zero-order valence-electron chi connectivity index (χ0n) is 21.9. The molecule has 2 aliphatic rings. The normalized spacial score (nSPS) is 19.5. The molecule has 0 bridgehead atoms. The number of fused-ring (bicyclic) bond motifs is 1. The summed E-state index contributed by atoms with van der Waals surface area (Å²) < 4.78 is 17.3. The number of H-pyrrole nitrogens is 1. The SMILES string of the molecule is C=CCOc1ccc(C2C(=C([O-])c3ccc4c(c3)CC(C)O4)C(=O)C(=O)N2Cc2cc[nH+]cc2)cc1OCC. The monoisotopic (exact) mass is 526 g/mol. The van der Waals surface area contributed by atoms with E-state index in [1.807, 2.05) is 26.0 Å². The van der Waals surface area contributed by atoms with Gasteiger partial charge >= 0.3 is 0 Å². The molecule has 0 radical (unpaired) electrons. The van der Waals surface area contributed by atoms with Crippen molar-refractivity contribution in [2.24, 2.45) is 0 Å². The Morgan fingerprint density at radius 3 is 2.67 bits per heavy atom. The topological polar surface area (TPSA) is 102 Å². The van der Waals surface area contributed by atoms with Gasteiger partial charge in [0.1, 0.15) is 18.5 Å². The van der Waals surface area contributed by atoms with E-state index in [1.165, 1.54) is 4.90 Å². The average Bonchev–Trinajstić information content (AvgIpc) is 3.43. The molecule has 0 aliphatic carbocycles. The molecule has 0 spiro atoms. The fourth-order valence-electron chi connectivity index (χ4n) is 5.05. The van der Waals surface area contributed by atoms with Crippen molar-refractivity contribution in [1.82, 2.24) is 4.90 Å². The number of hydrogen-bond donors (Lipinski definition) is 0. The summed E-state index contributed by atoms with van der Waals surface area (Å²) in [4.78, 5) is 31.3. The van der Waals surface area contributed by atoms with Gasteiger partial charge in [-0.05, 0) is 60.4 Å². The lowest BCUT2D eigenvalue weighted by molar-refractivity contribution is -0.378. The summed E-state index contributed by atoms with van der Waals surface area (Å²) in [6.07, 6.45) is 5.80. The molecule has 2 aromatic carbocycles. The van der Waals surface area contributed by atoms with Crippen LogP contribution in [0.25, 0.3) is 5.76 Å². The van der Waals surface area contributed by atoms with Gasteiger partial charge in [-0.15, -0.1) is 0 Å². The third-order valence-corrected chi connectivity index (χ3v) is 6.77. The van der Waals surface area contributed by atoms with Gasteiger partial charge in [-0.25, -0.2) is 4.98 Å². The Morgan fingerprint density at radius 1 is 1.13 bits per heavy atom. The zero-order valence-corrected chi connectivity index (χ0v) is 21.9. The highest BCUT2D eigenvalue weighted by Crippen LogP contribution is 2.43. The number of hydrogen-bond acceptors (Lipinski definition) is 6. The maximum absolute atomic E-state index is 13.9. The molecule has 3 aromatic rings. The van der Waals surface area contributed by atoms with Gasteiger partial charge in [-0.2, -0.15) is 0 Å². The van der Waals surface area contributed by atoms with Crippen LogP contribution in [-0.2, 0) is 22.6 Å². The lowest BCUT2D eigenvalue weighted by atomic mass is 9.94. The Kier molecular flexibility index (Phi) is 7.36. The van der Waals surface area contributed by atoms with Crippen molar-refractivity contribution in [3.63, 3.8) is 0 Å². The summed E-state index contributed by atoms with van der Waals surface area (Å²) in [6.45, 7) is 8.31. The first-order chi connectivity index (χ1) is 18.9. The van der Waals surface area contributed by atoms with Crippen molar-refractivity contribution in [2.45, 2.75) is 39.0 Å². The molecule has 2 atom stereocenters. The number of amides is 1. The van der Waals surface area contributed by atoms with E-state index in [4.69, 9.17) is 14.2 Å². The van der Waals surface area contributed by atoms with Gasteiger partial charge < -0.3 is 24.2 Å². The number of nitrogens with one attached hydrogen (secondary N) is 1. The molecule has 1 amide bonds. The van der Waals surface area contributed by atoms with E-state index in [9.17, 15) is 14.7 Å². The van der Waals surface area contributed by atoms with Gasteiger partial charge in [0.25, 0.3) is 5.91 Å². The molecule has 1 aromatic heterocycles. The van der Waals surface area contributed by atoms with Crippen LogP contribution >= 0.6 is 0 Å². The quantitative estimate of drug-likeness (QED) is 0.184. The Balaban J connectivity index is 1.64. The van der Waals surface area contributed by atoms with Gasteiger partial charge in [-0.1, -0.05) is 30.5 Å². The highest BCUT2D eigenvalue weighted by Gasteiger charge is 2.44. The van der Waals surface area contributed by atoms with Gasteiger partial charge in [0.05, 0.1) is 12.6 Å². The fraction of sp³-hybridized carbons (Fsp3) is 0.258. The largest absolute Gasteiger partial charge is 0.872 e. The summed E-state index contributed by atoms with van der Waals surface area (Å²) >= 11 is 0. The smallest absolute Gasteiger partial charge is 0.295 e. The average molecular weight is 527 g/mol. The van der Waals surface area contributed by atoms with E-state index in [0.717, 1.165) is 16.9 Å². The second-order valence-corrected chi connectivity index (χ2v) is 9.51. The minimum Gasteiger partial charge on any atom is -0.872 e. The molecule has 1 saturated heterocycles. The Hall–Kier alpha value is -4.59. The molecule has 5 rings (SSSR count). The van der Waals surface area contributed by atoms with Gasteiger partial charge in [0.15, 0.2) is 23.9 Å². The molecule has 39 heavy (non-hydrogen) atoms. The predicted molar refractivity (Wildman–Crippen MR) is 142 cm³/mol. The molecule has 8 nitrogen and oxygen atoms in total. The molecule has 200 valence electrons. The minimum atomic E-state index is -0.905. The van der Waals surface area contributed by atoms with Crippen molar-refractivity contribution in [2.75, 3.05) is 13.2 Å². The summed E-state index contributed by atoms with van der Waals surface area (Å²) in [5.74, 6) is -0.319. The van der Waals surface area contributed by atoms with Gasteiger partial charge in [0.2, 0.25) is 5.78 Å². The molecule has 8 heteroatoms. The van der Waals surface area contributed by atoms with Crippen LogP contribution in [0.1, 0.15) is 42.1 Å². The van der Waals surface area contributed by atoms with Crippen molar-refractivity contribution >= 4 is 17.4 Å². The van der Waals surface area contributed by atoms with E-state index in [-0.39, 0.29) is 24.8 Å². The fourth-order valence-corrected chi connectivity index (χ4v) is 5.05. The second-order valence-electron chi connectivity index (χ2n) is 9.51. The number of aromatic nitrogens is 1. The first-order valence-electron chi connectivity index (χ1n) is 12.9. The highest BCUT2D eigenvalue weighted by molar-refractivity contribution is 6.46. The lowest BCUT2D eigenvalue weighted by Crippen LogP contribution is -2.29. The van der Waals surface area contributed by atoms with Crippen LogP contribution in [-0.4, -0.2) is 35.9 Å². The van der Waals surface area contributed by atoms with Crippen molar-refractivity contribution < 1.29 is 33.9 Å². The molecule has 3 heterocycles. The maximum atomic E-state index is 13.9. The van der Waals surface area contributed by atoms with Gasteiger partial charge in [0, 0.05) is 30.7 Å². The van der Waals surface area contributed by atoms with Crippen LogP contribution in [0.3, 0.4) is 0 Å². The predicted octanol–water partition coefficient (Wildman–Crippen LogP) is 3.21. The summed E-state index contributed by atoms with van der Waals surface area (Å²) in [7, 11) is 0. The number of ether oxygens (including phenoxy) is 3. The number of aromatic amines is 1. The summed E-state index contributed by atoms with van der Waals surface area (Å²) in [6, 6.07) is 13.1. The van der Waals surface area contributed by atoms with Crippen molar-refractivity contribution in [3.05, 3.63) is 101 Å². The van der Waals surface area contributed by atoms with Crippen molar-refractivity contribution in [3.8, 4) is 17.2 Å². The summed E-state index contributed by atoms with van der Waals surface area (Å²) in [5.41, 5.74) is 2.55. The number of Topliss-reactive ketones (excluding diaryl/α,β-unsaturated/α-hetero) is 1.